The van der Waals surface area contributed by atoms with Crippen molar-refractivity contribution in [3.05, 3.63) is 65.7 Å². The minimum atomic E-state index is -0.154. The Kier molecular flexibility index (Phi) is 3.88. The number of nitrogens with two attached hydrogens (primary N) is 1. The van der Waals surface area contributed by atoms with Crippen LogP contribution in [-0.2, 0) is 6.54 Å². The van der Waals surface area contributed by atoms with Gasteiger partial charge in [-0.05, 0) is 29.7 Å². The van der Waals surface area contributed by atoms with E-state index in [1.165, 1.54) is 5.56 Å². The molecular formula is C17H19N3O. The fraction of sp³-hybridized carbons (Fsp3) is 0.235. The Hall–Kier alpha value is -2.33. The third kappa shape index (κ3) is 3.41. The van der Waals surface area contributed by atoms with Crippen molar-refractivity contribution in [3.63, 3.8) is 0 Å². The van der Waals surface area contributed by atoms with Crippen molar-refractivity contribution in [1.82, 2.24) is 5.32 Å². The molecule has 1 saturated carbocycles. The normalized spacial score (nSPS) is 19.9. The first kappa shape index (κ1) is 13.6. The molecule has 0 spiro atoms. The highest BCUT2D eigenvalue weighted by Crippen LogP contribution is 2.40. The molecule has 4 N–H and O–H groups in total. The molecule has 4 heteroatoms. The van der Waals surface area contributed by atoms with Crippen LogP contribution in [0.5, 0.6) is 0 Å². The summed E-state index contributed by atoms with van der Waals surface area (Å²) in [5.41, 5.74) is 8.66. The molecular weight excluding hydrogens is 262 g/mol. The fourth-order valence-corrected chi connectivity index (χ4v) is 2.48. The zero-order chi connectivity index (χ0) is 14.7. The molecule has 1 aliphatic carbocycles. The first-order valence-electron chi connectivity index (χ1n) is 7.18. The molecule has 3 rings (SSSR count). The number of anilines is 1. The van der Waals surface area contributed by atoms with Crippen molar-refractivity contribution in [2.45, 2.75) is 24.9 Å². The molecule has 0 heterocycles. The molecule has 0 aromatic heterocycles. The molecule has 1 fully saturated rings. The largest absolute Gasteiger partial charge is 0.334 e. The lowest BCUT2D eigenvalue weighted by atomic mass is 10.1. The van der Waals surface area contributed by atoms with Gasteiger partial charge in [0.1, 0.15) is 0 Å². The van der Waals surface area contributed by atoms with E-state index in [2.05, 4.69) is 22.8 Å². The molecule has 0 aliphatic heterocycles. The zero-order valence-electron chi connectivity index (χ0n) is 11.8. The van der Waals surface area contributed by atoms with Crippen LogP contribution in [0.2, 0.25) is 0 Å². The third-order valence-corrected chi connectivity index (χ3v) is 3.78. The summed E-state index contributed by atoms with van der Waals surface area (Å²) < 4.78 is 0. The Bertz CT molecular complexity index is 610. The number of amides is 2. The lowest BCUT2D eigenvalue weighted by Crippen LogP contribution is -2.31. The molecule has 2 amide bonds. The zero-order valence-corrected chi connectivity index (χ0v) is 11.8. The second-order valence-electron chi connectivity index (χ2n) is 5.36. The topological polar surface area (TPSA) is 67.1 Å². The second-order valence-corrected chi connectivity index (χ2v) is 5.36. The SMILES string of the molecule is NCc1ccc(NC(=O)NC2CC2c2ccccc2)cc1. The summed E-state index contributed by atoms with van der Waals surface area (Å²) in [6.45, 7) is 0.507. The van der Waals surface area contributed by atoms with E-state index < -0.39 is 0 Å². The van der Waals surface area contributed by atoms with E-state index in [1.54, 1.807) is 0 Å². The molecule has 2 aromatic rings. The maximum Gasteiger partial charge on any atom is 0.319 e. The van der Waals surface area contributed by atoms with Gasteiger partial charge < -0.3 is 16.4 Å². The van der Waals surface area contributed by atoms with E-state index >= 15 is 0 Å². The van der Waals surface area contributed by atoms with Crippen LogP contribution in [0.25, 0.3) is 0 Å². The average Bonchev–Trinajstić information content (AvgIpc) is 3.28. The molecule has 2 atom stereocenters. The van der Waals surface area contributed by atoms with Gasteiger partial charge >= 0.3 is 6.03 Å². The Morgan fingerprint density at radius 3 is 2.48 bits per heavy atom. The van der Waals surface area contributed by atoms with Gasteiger partial charge in [-0.15, -0.1) is 0 Å². The quantitative estimate of drug-likeness (QED) is 0.806. The first-order valence-corrected chi connectivity index (χ1v) is 7.18. The summed E-state index contributed by atoms with van der Waals surface area (Å²) in [5.74, 6) is 0.441. The number of urea groups is 1. The van der Waals surface area contributed by atoms with Crippen molar-refractivity contribution >= 4 is 11.7 Å². The molecule has 4 nitrogen and oxygen atoms in total. The van der Waals surface area contributed by atoms with E-state index in [0.29, 0.717) is 12.5 Å². The van der Waals surface area contributed by atoms with Gasteiger partial charge in [0.05, 0.1) is 0 Å². The number of carbonyl (C=O) groups excluding carboxylic acids is 1. The van der Waals surface area contributed by atoms with E-state index in [0.717, 1.165) is 17.7 Å². The summed E-state index contributed by atoms with van der Waals surface area (Å²) in [5, 5.41) is 5.85. The van der Waals surface area contributed by atoms with E-state index in [1.807, 2.05) is 42.5 Å². The van der Waals surface area contributed by atoms with Gasteiger partial charge in [-0.2, -0.15) is 0 Å². The van der Waals surface area contributed by atoms with Crippen LogP contribution < -0.4 is 16.4 Å². The van der Waals surface area contributed by atoms with Gasteiger partial charge in [0.2, 0.25) is 0 Å². The van der Waals surface area contributed by atoms with Crippen LogP contribution in [0.4, 0.5) is 10.5 Å². The first-order chi connectivity index (χ1) is 10.3. The molecule has 2 aromatic carbocycles. The van der Waals surface area contributed by atoms with Crippen molar-refractivity contribution in [3.8, 4) is 0 Å². The lowest BCUT2D eigenvalue weighted by Gasteiger charge is -2.08. The summed E-state index contributed by atoms with van der Waals surface area (Å²) in [6.07, 6.45) is 1.00. The van der Waals surface area contributed by atoms with Gasteiger partial charge in [0.25, 0.3) is 0 Å². The Morgan fingerprint density at radius 2 is 1.81 bits per heavy atom. The predicted molar refractivity (Wildman–Crippen MR) is 84.1 cm³/mol. The van der Waals surface area contributed by atoms with E-state index in [9.17, 15) is 4.79 Å². The molecule has 108 valence electrons. The third-order valence-electron chi connectivity index (χ3n) is 3.78. The second kappa shape index (κ2) is 5.97. The minimum Gasteiger partial charge on any atom is -0.334 e. The molecule has 1 aliphatic rings. The van der Waals surface area contributed by atoms with E-state index in [4.69, 9.17) is 5.73 Å². The van der Waals surface area contributed by atoms with Crippen molar-refractivity contribution in [1.29, 1.82) is 0 Å². The van der Waals surface area contributed by atoms with Gasteiger partial charge in [-0.3, -0.25) is 0 Å². The number of carbonyl (C=O) groups is 1. The van der Waals surface area contributed by atoms with Crippen LogP contribution in [-0.4, -0.2) is 12.1 Å². The maximum atomic E-state index is 11.9. The summed E-state index contributed by atoms with van der Waals surface area (Å²) in [6, 6.07) is 17.9. The highest BCUT2D eigenvalue weighted by atomic mass is 16.2. The monoisotopic (exact) mass is 281 g/mol. The summed E-state index contributed by atoms with van der Waals surface area (Å²) in [4.78, 5) is 11.9. The molecule has 0 radical (unpaired) electrons. The highest BCUT2D eigenvalue weighted by molar-refractivity contribution is 5.89. The number of benzene rings is 2. The highest BCUT2D eigenvalue weighted by Gasteiger charge is 2.39. The number of rotatable bonds is 4. The Morgan fingerprint density at radius 1 is 1.10 bits per heavy atom. The van der Waals surface area contributed by atoms with Gasteiger partial charge in [-0.1, -0.05) is 42.5 Å². The standard InChI is InChI=1S/C17H19N3O/c18-11-12-6-8-14(9-7-12)19-17(21)20-16-10-15(16)13-4-2-1-3-5-13/h1-9,15-16H,10-11,18H2,(H2,19,20,21). The predicted octanol–water partition coefficient (Wildman–Crippen LogP) is 2.82. The smallest absolute Gasteiger partial charge is 0.319 e. The number of nitrogens with one attached hydrogen (secondary N) is 2. The minimum absolute atomic E-state index is 0.154. The molecule has 0 saturated heterocycles. The maximum absolute atomic E-state index is 11.9. The Labute approximate surface area is 124 Å². The lowest BCUT2D eigenvalue weighted by molar-refractivity contribution is 0.251. The van der Waals surface area contributed by atoms with Crippen LogP contribution in [0, 0.1) is 0 Å². The Balaban J connectivity index is 1.51. The van der Waals surface area contributed by atoms with Crippen LogP contribution >= 0.6 is 0 Å². The van der Waals surface area contributed by atoms with Gasteiger partial charge in [0, 0.05) is 24.2 Å². The van der Waals surface area contributed by atoms with Crippen molar-refractivity contribution in [2.24, 2.45) is 5.73 Å². The van der Waals surface area contributed by atoms with Gasteiger partial charge in [-0.25, -0.2) is 4.79 Å². The van der Waals surface area contributed by atoms with Crippen LogP contribution in [0.15, 0.2) is 54.6 Å². The fourth-order valence-electron chi connectivity index (χ4n) is 2.48. The van der Waals surface area contributed by atoms with E-state index in [-0.39, 0.29) is 12.1 Å². The summed E-state index contributed by atoms with van der Waals surface area (Å²) >= 11 is 0. The molecule has 2 unspecified atom stereocenters. The average molecular weight is 281 g/mol. The van der Waals surface area contributed by atoms with Crippen molar-refractivity contribution < 1.29 is 4.79 Å². The van der Waals surface area contributed by atoms with Gasteiger partial charge in [0.15, 0.2) is 0 Å². The number of hydrogen-bond donors (Lipinski definition) is 3. The molecule has 0 bridgehead atoms. The summed E-state index contributed by atoms with van der Waals surface area (Å²) in [7, 11) is 0. The van der Waals surface area contributed by atoms with Crippen LogP contribution in [0.1, 0.15) is 23.5 Å². The van der Waals surface area contributed by atoms with Crippen molar-refractivity contribution in [2.75, 3.05) is 5.32 Å². The molecule has 21 heavy (non-hydrogen) atoms. The van der Waals surface area contributed by atoms with Crippen LogP contribution in [0.3, 0.4) is 0 Å². The number of hydrogen-bond acceptors (Lipinski definition) is 2.